The average Bonchev–Trinajstić information content (AvgIpc) is 3.77. The Morgan fingerprint density at radius 1 is 0.958 bits per heavy atom. The zero-order valence-electron chi connectivity index (χ0n) is 26.1. The molecule has 2 amide bonds. The fourth-order valence-electron chi connectivity index (χ4n) is 6.68. The van der Waals surface area contributed by atoms with Crippen molar-refractivity contribution in [1.29, 1.82) is 5.26 Å². The molecule has 7 heterocycles. The molecule has 0 bridgehead atoms. The number of rotatable bonds is 4. The lowest BCUT2D eigenvalue weighted by Crippen LogP contribution is -2.55. The Hall–Kier alpha value is -5.05. The Morgan fingerprint density at radius 2 is 1.71 bits per heavy atom. The number of hydrogen-bond acceptors (Lipinski definition) is 11. The first kappa shape index (κ1) is 30.3. The highest BCUT2D eigenvalue weighted by Gasteiger charge is 2.34. The molecule has 0 radical (unpaired) electrons. The number of halogens is 1. The highest BCUT2D eigenvalue weighted by molar-refractivity contribution is 14.1. The molecule has 244 valence electrons. The van der Waals surface area contributed by atoms with E-state index in [-0.39, 0.29) is 6.04 Å². The van der Waals surface area contributed by atoms with Crippen LogP contribution in [0.15, 0.2) is 43.4 Å². The molecular weight excluding hydrogens is 727 g/mol. The van der Waals surface area contributed by atoms with Gasteiger partial charge in [0, 0.05) is 74.0 Å². The van der Waals surface area contributed by atoms with Gasteiger partial charge in [-0.05, 0) is 66.0 Å². The zero-order chi connectivity index (χ0) is 32.9. The number of aromatic nitrogens is 7. The molecule has 5 aromatic heterocycles. The van der Waals surface area contributed by atoms with Crippen LogP contribution in [-0.2, 0) is 4.74 Å². The molecule has 0 unspecified atom stereocenters. The van der Waals surface area contributed by atoms with Crippen molar-refractivity contribution in [1.82, 2.24) is 44.3 Å². The number of H-pyrrole nitrogens is 1. The maximum atomic E-state index is 13.2. The molecule has 8 rings (SSSR count). The van der Waals surface area contributed by atoms with Gasteiger partial charge in [0.25, 0.3) is 0 Å². The molecule has 5 aromatic rings. The summed E-state index contributed by atoms with van der Waals surface area (Å²) in [5, 5.41) is 11.3. The molecule has 0 spiro atoms. The Morgan fingerprint density at radius 3 is 2.48 bits per heavy atom. The van der Waals surface area contributed by atoms with Gasteiger partial charge in [0.1, 0.15) is 35.8 Å². The van der Waals surface area contributed by atoms with Crippen LogP contribution in [0, 0.1) is 14.9 Å². The van der Waals surface area contributed by atoms with Crippen molar-refractivity contribution in [2.45, 2.75) is 31.7 Å². The predicted molar refractivity (Wildman–Crippen MR) is 184 cm³/mol. The van der Waals surface area contributed by atoms with E-state index >= 15 is 0 Å². The van der Waals surface area contributed by atoms with Gasteiger partial charge in [-0.15, -0.1) is 0 Å². The SMILES string of the molecule is C[C@H]1CN(C(=O)OC(=O)N2CCN(c3ncnc4[nH]cc(C5CC5)c34)CC2)CCN1c1ncnc2c1c(I)cn2-c1cc(C#N)ccn1. The minimum atomic E-state index is -0.648. The van der Waals surface area contributed by atoms with Crippen molar-refractivity contribution in [2.24, 2.45) is 0 Å². The molecule has 3 fully saturated rings. The topological polar surface area (TPSA) is 165 Å². The maximum Gasteiger partial charge on any atom is 0.418 e. The minimum absolute atomic E-state index is 0.110. The van der Waals surface area contributed by atoms with E-state index in [4.69, 9.17) is 4.74 Å². The summed E-state index contributed by atoms with van der Waals surface area (Å²) in [4.78, 5) is 59.6. The number of hydrogen-bond donors (Lipinski definition) is 1. The van der Waals surface area contributed by atoms with E-state index in [0.717, 1.165) is 31.6 Å². The van der Waals surface area contributed by atoms with E-state index in [1.165, 1.54) is 24.7 Å². The molecule has 1 aliphatic carbocycles. The summed E-state index contributed by atoms with van der Waals surface area (Å²) in [7, 11) is 0. The molecule has 1 atom stereocenters. The molecular formula is C32H31IN12O3. The van der Waals surface area contributed by atoms with Crippen LogP contribution in [0.1, 0.15) is 36.8 Å². The van der Waals surface area contributed by atoms with Gasteiger partial charge in [-0.25, -0.2) is 34.5 Å². The minimum Gasteiger partial charge on any atom is -0.359 e. The number of nitrogens with one attached hydrogen (secondary N) is 1. The number of pyridine rings is 1. The number of anilines is 2. The number of nitrogens with zero attached hydrogens (tertiary/aromatic N) is 11. The Balaban J connectivity index is 0.906. The van der Waals surface area contributed by atoms with Crippen LogP contribution >= 0.6 is 22.6 Å². The van der Waals surface area contributed by atoms with Crippen molar-refractivity contribution in [3.05, 3.63) is 58.1 Å². The van der Waals surface area contributed by atoms with E-state index < -0.39 is 12.2 Å². The van der Waals surface area contributed by atoms with Crippen LogP contribution < -0.4 is 9.80 Å². The van der Waals surface area contributed by atoms with E-state index in [0.29, 0.717) is 68.8 Å². The predicted octanol–water partition coefficient (Wildman–Crippen LogP) is 4.03. The third-order valence-corrected chi connectivity index (χ3v) is 10.1. The molecule has 15 nitrogen and oxygen atoms in total. The fourth-order valence-corrected chi connectivity index (χ4v) is 7.44. The summed E-state index contributed by atoms with van der Waals surface area (Å²) in [5.41, 5.74) is 3.28. The number of aromatic amines is 1. The van der Waals surface area contributed by atoms with Crippen LogP contribution in [0.2, 0.25) is 0 Å². The molecule has 16 heteroatoms. The Bertz CT molecular complexity index is 2100. The second-order valence-electron chi connectivity index (χ2n) is 12.3. The summed E-state index contributed by atoms with van der Waals surface area (Å²) in [6.45, 7) is 5.23. The van der Waals surface area contributed by atoms with Crippen molar-refractivity contribution < 1.29 is 14.3 Å². The first-order chi connectivity index (χ1) is 23.4. The van der Waals surface area contributed by atoms with Gasteiger partial charge in [0.2, 0.25) is 0 Å². The first-order valence-corrected chi connectivity index (χ1v) is 16.9. The van der Waals surface area contributed by atoms with Crippen molar-refractivity contribution in [3.8, 4) is 11.9 Å². The highest BCUT2D eigenvalue weighted by atomic mass is 127. The number of ether oxygens (including phenoxy) is 1. The van der Waals surface area contributed by atoms with Crippen LogP contribution in [0.4, 0.5) is 21.2 Å². The van der Waals surface area contributed by atoms with Crippen LogP contribution in [0.25, 0.3) is 27.9 Å². The van der Waals surface area contributed by atoms with Gasteiger partial charge < -0.3 is 29.3 Å². The second kappa shape index (κ2) is 12.2. The van der Waals surface area contributed by atoms with Gasteiger partial charge in [-0.1, -0.05) is 0 Å². The molecule has 48 heavy (non-hydrogen) atoms. The van der Waals surface area contributed by atoms with Crippen LogP contribution in [0.5, 0.6) is 0 Å². The quantitative estimate of drug-likeness (QED) is 0.208. The van der Waals surface area contributed by atoms with E-state index in [2.05, 4.69) is 68.4 Å². The summed E-state index contributed by atoms with van der Waals surface area (Å²) in [6, 6.07) is 5.42. The Kier molecular flexibility index (Phi) is 7.70. The van der Waals surface area contributed by atoms with Crippen molar-refractivity contribution in [3.63, 3.8) is 0 Å². The number of fused-ring (bicyclic) bond motifs is 2. The van der Waals surface area contributed by atoms with Crippen molar-refractivity contribution >= 4 is 68.5 Å². The molecule has 1 saturated carbocycles. The normalized spacial score (nSPS) is 18.4. The van der Waals surface area contributed by atoms with Gasteiger partial charge in [-0.3, -0.25) is 4.57 Å². The van der Waals surface area contributed by atoms with Gasteiger partial charge >= 0.3 is 12.2 Å². The number of nitriles is 1. The van der Waals surface area contributed by atoms with E-state index in [9.17, 15) is 14.9 Å². The third-order valence-electron chi connectivity index (χ3n) is 9.31. The lowest BCUT2D eigenvalue weighted by atomic mass is 10.1. The van der Waals surface area contributed by atoms with Gasteiger partial charge in [-0.2, -0.15) is 5.26 Å². The van der Waals surface area contributed by atoms with Crippen molar-refractivity contribution in [2.75, 3.05) is 55.6 Å². The lowest BCUT2D eigenvalue weighted by Gasteiger charge is -2.40. The summed E-state index contributed by atoms with van der Waals surface area (Å²) in [5.74, 6) is 2.78. The molecule has 2 saturated heterocycles. The summed E-state index contributed by atoms with van der Waals surface area (Å²) < 4.78 is 8.17. The van der Waals surface area contributed by atoms with Crippen LogP contribution in [-0.4, -0.2) is 108 Å². The number of carbonyl (C=O) groups excluding carboxylic acids is 2. The van der Waals surface area contributed by atoms with Crippen LogP contribution in [0.3, 0.4) is 0 Å². The van der Waals surface area contributed by atoms with Gasteiger partial charge in [0.15, 0.2) is 5.65 Å². The zero-order valence-corrected chi connectivity index (χ0v) is 28.2. The van der Waals surface area contributed by atoms with Gasteiger partial charge in [0.05, 0.1) is 22.4 Å². The molecule has 3 aliphatic rings. The lowest BCUT2D eigenvalue weighted by molar-refractivity contribution is 0.0884. The molecule has 2 aliphatic heterocycles. The smallest absolute Gasteiger partial charge is 0.359 e. The maximum absolute atomic E-state index is 13.2. The second-order valence-corrected chi connectivity index (χ2v) is 13.5. The van der Waals surface area contributed by atoms with E-state index in [1.807, 2.05) is 23.9 Å². The number of amides is 2. The highest BCUT2D eigenvalue weighted by Crippen LogP contribution is 2.45. The standard InChI is InChI=1S/C32H31IN12O3/c1-19-15-43(10-11-44(19)29-26-23(33)16-45(30(26)40-18-39-29)24-12-20(13-34)4-5-35-24)32(47)48-31(46)42-8-6-41(7-9-42)28-25-22(21-2-3-21)14-36-27(25)37-17-38-28/h4-5,12,14,16-19,21H,2-3,6-11,15H2,1H3,(H,36,37,38)/t19-/m0/s1. The number of piperazine rings is 2. The van der Waals surface area contributed by atoms with E-state index in [1.54, 1.807) is 34.5 Å². The Labute approximate surface area is 288 Å². The average molecular weight is 759 g/mol. The monoisotopic (exact) mass is 758 g/mol. The molecule has 1 N–H and O–H groups in total. The largest absolute Gasteiger partial charge is 0.418 e. The first-order valence-electron chi connectivity index (χ1n) is 15.9. The number of carbonyl (C=O) groups is 2. The third kappa shape index (κ3) is 5.41. The summed E-state index contributed by atoms with van der Waals surface area (Å²) in [6.07, 6.45) is 9.74. The summed E-state index contributed by atoms with van der Waals surface area (Å²) >= 11 is 2.26. The molecule has 0 aromatic carbocycles. The fraction of sp³-hybridized carbons (Fsp3) is 0.375.